The highest BCUT2D eigenvalue weighted by molar-refractivity contribution is 5.91. The number of aromatic nitrogens is 3. The van der Waals surface area contributed by atoms with Crippen LogP contribution in [-0.4, -0.2) is 38.7 Å². The lowest BCUT2D eigenvalue weighted by atomic mass is 10.1. The Bertz CT molecular complexity index is 1280. The van der Waals surface area contributed by atoms with Crippen LogP contribution in [0, 0.1) is 5.82 Å². The van der Waals surface area contributed by atoms with Gasteiger partial charge in [0.1, 0.15) is 11.5 Å². The monoisotopic (exact) mass is 450 g/mol. The Morgan fingerprint density at radius 2 is 1.78 bits per heavy atom. The maximum absolute atomic E-state index is 14.3. The first-order valence-corrected chi connectivity index (χ1v) is 9.45. The second kappa shape index (κ2) is 8.77. The minimum absolute atomic E-state index is 0.00689. The molecule has 2 aromatic carbocycles. The minimum atomic E-state index is -4.63. The quantitative estimate of drug-likeness (QED) is 0.560. The molecule has 3 aromatic rings. The SMILES string of the molecule is CCN(C)C(=O)c1nn(-c2ccccc2F)c(=O)n(Cc2cccc(C(F)(F)F)c2)c1=O. The molecule has 1 aromatic heterocycles. The molecule has 0 aliphatic rings. The van der Waals surface area contributed by atoms with Crippen molar-refractivity contribution in [1.82, 2.24) is 19.2 Å². The van der Waals surface area contributed by atoms with E-state index < -0.39 is 47.0 Å². The van der Waals surface area contributed by atoms with Crippen molar-refractivity contribution in [2.45, 2.75) is 19.6 Å². The van der Waals surface area contributed by atoms with E-state index in [-0.39, 0.29) is 17.8 Å². The van der Waals surface area contributed by atoms with Gasteiger partial charge < -0.3 is 4.90 Å². The predicted molar refractivity (Wildman–Crippen MR) is 107 cm³/mol. The van der Waals surface area contributed by atoms with Crippen LogP contribution in [0.3, 0.4) is 0 Å². The van der Waals surface area contributed by atoms with Gasteiger partial charge in [-0.3, -0.25) is 14.2 Å². The summed E-state index contributed by atoms with van der Waals surface area (Å²) in [5.41, 5.74) is -4.15. The van der Waals surface area contributed by atoms with Crippen LogP contribution in [0.2, 0.25) is 0 Å². The molecule has 1 amide bonds. The fourth-order valence-corrected chi connectivity index (χ4v) is 2.92. The van der Waals surface area contributed by atoms with Gasteiger partial charge in [0.25, 0.3) is 11.5 Å². The Labute approximate surface area is 179 Å². The molecule has 0 aliphatic carbocycles. The molecule has 0 unspecified atom stereocenters. The summed E-state index contributed by atoms with van der Waals surface area (Å²) < 4.78 is 54.6. The second-order valence-corrected chi connectivity index (χ2v) is 6.90. The van der Waals surface area contributed by atoms with Gasteiger partial charge in [0.05, 0.1) is 12.1 Å². The zero-order chi connectivity index (χ0) is 23.6. The van der Waals surface area contributed by atoms with Crippen LogP contribution < -0.4 is 11.2 Å². The van der Waals surface area contributed by atoms with Crippen LogP contribution in [0.5, 0.6) is 0 Å². The van der Waals surface area contributed by atoms with Gasteiger partial charge in [-0.1, -0.05) is 24.3 Å². The summed E-state index contributed by atoms with van der Waals surface area (Å²) in [7, 11) is 1.40. The molecule has 0 atom stereocenters. The maximum Gasteiger partial charge on any atom is 0.416 e. The number of carbonyl (C=O) groups excluding carboxylic acids is 1. The fraction of sp³-hybridized carbons (Fsp3) is 0.238. The highest BCUT2D eigenvalue weighted by atomic mass is 19.4. The van der Waals surface area contributed by atoms with Gasteiger partial charge in [-0.25, -0.2) is 9.18 Å². The minimum Gasteiger partial charge on any atom is -0.340 e. The van der Waals surface area contributed by atoms with Crippen molar-refractivity contribution in [3.63, 3.8) is 0 Å². The first kappa shape index (κ1) is 22.9. The first-order chi connectivity index (χ1) is 15.0. The number of carbonyl (C=O) groups is 1. The lowest BCUT2D eigenvalue weighted by Gasteiger charge is -2.16. The third kappa shape index (κ3) is 4.46. The van der Waals surface area contributed by atoms with Crippen molar-refractivity contribution >= 4 is 5.91 Å². The summed E-state index contributed by atoms with van der Waals surface area (Å²) in [4.78, 5) is 39.7. The number of nitrogens with zero attached hydrogens (tertiary/aromatic N) is 4. The Hall–Kier alpha value is -3.76. The van der Waals surface area contributed by atoms with Crippen LogP contribution in [0.15, 0.2) is 58.1 Å². The lowest BCUT2D eigenvalue weighted by Crippen LogP contribution is -2.46. The third-order valence-corrected chi connectivity index (χ3v) is 4.76. The summed E-state index contributed by atoms with van der Waals surface area (Å²) in [6, 6.07) is 9.16. The smallest absolute Gasteiger partial charge is 0.340 e. The summed E-state index contributed by atoms with van der Waals surface area (Å²) in [6.07, 6.45) is -4.63. The van der Waals surface area contributed by atoms with E-state index in [1.165, 1.54) is 31.3 Å². The first-order valence-electron chi connectivity index (χ1n) is 9.45. The van der Waals surface area contributed by atoms with E-state index in [9.17, 15) is 31.9 Å². The van der Waals surface area contributed by atoms with Crippen molar-refractivity contribution < 1.29 is 22.4 Å². The highest BCUT2D eigenvalue weighted by Crippen LogP contribution is 2.29. The van der Waals surface area contributed by atoms with Crippen molar-refractivity contribution in [2.75, 3.05) is 13.6 Å². The van der Waals surface area contributed by atoms with Crippen molar-refractivity contribution in [2.24, 2.45) is 0 Å². The molecule has 0 spiro atoms. The van der Waals surface area contributed by atoms with Crippen LogP contribution in [0.25, 0.3) is 5.69 Å². The molecular weight excluding hydrogens is 432 g/mol. The standard InChI is InChI=1S/C21H18F4N4O3/c1-3-27(2)18(30)17-19(31)28(12-13-7-6-8-14(11-13)21(23,24)25)20(32)29(26-17)16-10-5-4-9-15(16)22/h4-11H,3,12H2,1-2H3. The number of hydrogen-bond donors (Lipinski definition) is 0. The Balaban J connectivity index is 2.25. The van der Waals surface area contributed by atoms with Crippen molar-refractivity contribution in [3.8, 4) is 5.69 Å². The number of rotatable bonds is 5. The molecule has 11 heteroatoms. The molecule has 0 saturated heterocycles. The molecule has 0 fully saturated rings. The summed E-state index contributed by atoms with van der Waals surface area (Å²) >= 11 is 0. The fourth-order valence-electron chi connectivity index (χ4n) is 2.92. The number of alkyl halides is 3. The number of para-hydroxylation sites is 1. The van der Waals surface area contributed by atoms with Crippen molar-refractivity contribution in [1.29, 1.82) is 0 Å². The summed E-state index contributed by atoms with van der Waals surface area (Å²) in [5, 5.41) is 3.79. The van der Waals surface area contributed by atoms with E-state index in [2.05, 4.69) is 5.10 Å². The molecule has 168 valence electrons. The lowest BCUT2D eigenvalue weighted by molar-refractivity contribution is -0.137. The molecule has 0 bridgehead atoms. The van der Waals surface area contributed by atoms with Crippen LogP contribution >= 0.6 is 0 Å². The number of benzene rings is 2. The van der Waals surface area contributed by atoms with Gasteiger partial charge in [0, 0.05) is 13.6 Å². The Kier molecular flexibility index (Phi) is 6.28. The van der Waals surface area contributed by atoms with Crippen LogP contribution in [0.4, 0.5) is 17.6 Å². The van der Waals surface area contributed by atoms with Crippen LogP contribution in [0.1, 0.15) is 28.5 Å². The van der Waals surface area contributed by atoms with Gasteiger partial charge in [-0.2, -0.15) is 23.0 Å². The zero-order valence-electron chi connectivity index (χ0n) is 17.1. The molecule has 0 saturated carbocycles. The molecule has 0 N–H and O–H groups in total. The van der Waals surface area contributed by atoms with E-state index in [0.717, 1.165) is 29.2 Å². The second-order valence-electron chi connectivity index (χ2n) is 6.90. The molecule has 3 rings (SSSR count). The third-order valence-electron chi connectivity index (χ3n) is 4.76. The van der Waals surface area contributed by atoms with E-state index >= 15 is 0 Å². The van der Waals surface area contributed by atoms with E-state index in [1.807, 2.05) is 0 Å². The summed E-state index contributed by atoms with van der Waals surface area (Å²) in [6.45, 7) is 1.28. The molecule has 1 heterocycles. The Morgan fingerprint density at radius 1 is 1.09 bits per heavy atom. The molecule has 0 radical (unpaired) electrons. The van der Waals surface area contributed by atoms with Crippen molar-refractivity contribution in [3.05, 3.63) is 92.0 Å². The van der Waals surface area contributed by atoms with Gasteiger partial charge in [-0.05, 0) is 36.8 Å². The Morgan fingerprint density at radius 3 is 2.41 bits per heavy atom. The highest BCUT2D eigenvalue weighted by Gasteiger charge is 2.30. The van der Waals surface area contributed by atoms with Crippen LogP contribution in [-0.2, 0) is 12.7 Å². The molecule has 32 heavy (non-hydrogen) atoms. The van der Waals surface area contributed by atoms with Gasteiger partial charge in [0.15, 0.2) is 0 Å². The zero-order valence-corrected chi connectivity index (χ0v) is 17.1. The van der Waals surface area contributed by atoms with Gasteiger partial charge >= 0.3 is 11.9 Å². The van der Waals surface area contributed by atoms with Gasteiger partial charge in [-0.15, -0.1) is 0 Å². The average molecular weight is 450 g/mol. The number of amides is 1. The van der Waals surface area contributed by atoms with E-state index in [4.69, 9.17) is 0 Å². The van der Waals surface area contributed by atoms with E-state index in [0.29, 0.717) is 9.25 Å². The molecule has 0 aliphatic heterocycles. The van der Waals surface area contributed by atoms with E-state index in [1.54, 1.807) is 6.92 Å². The number of hydrogen-bond acceptors (Lipinski definition) is 4. The summed E-state index contributed by atoms with van der Waals surface area (Å²) in [5.74, 6) is -1.66. The normalized spacial score (nSPS) is 11.4. The topological polar surface area (TPSA) is 77.2 Å². The average Bonchev–Trinajstić information content (AvgIpc) is 2.76. The molecule has 7 nitrogen and oxygen atoms in total. The van der Waals surface area contributed by atoms with Gasteiger partial charge in [0.2, 0.25) is 5.69 Å². The number of halogens is 4. The predicted octanol–water partition coefficient (Wildman–Crippen LogP) is 2.69. The largest absolute Gasteiger partial charge is 0.416 e. The maximum atomic E-state index is 14.3. The molecular formula is C21H18F4N4O3.